The summed E-state index contributed by atoms with van der Waals surface area (Å²) in [5.74, 6) is -5.54. The van der Waals surface area contributed by atoms with Gasteiger partial charge in [0.25, 0.3) is 0 Å². The van der Waals surface area contributed by atoms with Gasteiger partial charge in [0.15, 0.2) is 40.7 Å². The fourth-order valence-corrected chi connectivity index (χ4v) is 15.8. The van der Waals surface area contributed by atoms with E-state index in [1.54, 1.807) is 45.0 Å². The third-order valence-corrected chi connectivity index (χ3v) is 21.1. The van der Waals surface area contributed by atoms with Gasteiger partial charge in [0.1, 0.15) is 25.5 Å². The lowest BCUT2D eigenvalue weighted by Crippen LogP contribution is -2.71. The van der Waals surface area contributed by atoms with Crippen LogP contribution in [0.25, 0.3) is 0 Å². The van der Waals surface area contributed by atoms with Crippen molar-refractivity contribution in [1.82, 2.24) is 30.9 Å². The highest BCUT2D eigenvalue weighted by atomic mass is 19.1. The first-order valence-electron chi connectivity index (χ1n) is 35.9. The molecule has 0 radical (unpaired) electrons. The number of nitrogens with zero attached hydrogens (tertiary/aromatic N) is 3. The topological polar surface area (TPSA) is 352 Å². The van der Waals surface area contributed by atoms with Crippen LogP contribution in [-0.4, -0.2) is 175 Å². The van der Waals surface area contributed by atoms with E-state index >= 15 is 8.78 Å². The van der Waals surface area contributed by atoms with E-state index in [-0.39, 0.29) is 75.2 Å². The molecule has 1 aliphatic heterocycles. The van der Waals surface area contributed by atoms with Crippen LogP contribution < -0.4 is 32.7 Å². The van der Waals surface area contributed by atoms with E-state index in [4.69, 9.17) is 44.6 Å². The quantitative estimate of drug-likeness (QED) is 0.0311. The Morgan fingerprint density at radius 3 is 2.32 bits per heavy atom. The summed E-state index contributed by atoms with van der Waals surface area (Å²) in [7, 11) is 0. The van der Waals surface area contributed by atoms with Gasteiger partial charge in [-0.25, -0.2) is 23.1 Å². The zero-order valence-electron chi connectivity index (χ0n) is 58.6. The number of benzene rings is 1. The molecular formula is C72H107F2N9O16. The smallest absolute Gasteiger partial charge is 0.407 e. The van der Waals surface area contributed by atoms with Gasteiger partial charge in [-0.2, -0.15) is 0 Å². The fourth-order valence-electron chi connectivity index (χ4n) is 15.8. The number of rotatable bonds is 40. The molecule has 5 aliphatic carbocycles. The number of unbranched alkanes of at least 4 members (excludes halogenated alkanes) is 3. The number of ketones is 4. The number of nitrogens with one attached hydrogen (secondary N) is 4. The summed E-state index contributed by atoms with van der Waals surface area (Å²) < 4.78 is 77.7. The van der Waals surface area contributed by atoms with Crippen molar-refractivity contribution in [2.45, 2.75) is 237 Å². The SMILES string of the molecule is CCCCOCCOCCOCCn1nnc2c1C(OCC(=O)CCCCC[C@H](N)C(=O)N[C@H](C(=O)C[C@@H](CCCNC(N)=O)C(=O)Nc1ccc(COC(=O)NCC(=O)[C@@]34OC(CCC)O[C@@H]3C[C@H]3[C@@H]5C[C@H](F)C6=CC(=O)C=C[C@]6(C)[C@@]5(F)[C@@H](O)C[C@@]34C)cc1)C(C)C)CCCCC2. The number of hydrogen-bond acceptors (Lipinski definition) is 19. The number of ether oxygens (including phenoxy) is 7. The maximum atomic E-state index is 18.0. The first-order chi connectivity index (χ1) is 47.4. The van der Waals surface area contributed by atoms with Gasteiger partial charge in [0, 0.05) is 54.3 Å². The van der Waals surface area contributed by atoms with Crippen molar-refractivity contribution in [3.05, 3.63) is 65.0 Å². The van der Waals surface area contributed by atoms with Gasteiger partial charge in [-0.3, -0.25) is 28.8 Å². The number of carbonyl (C=O) groups is 8. The van der Waals surface area contributed by atoms with Crippen LogP contribution in [-0.2, 0) is 81.5 Å². The van der Waals surface area contributed by atoms with Gasteiger partial charge in [-0.15, -0.1) is 5.10 Å². The summed E-state index contributed by atoms with van der Waals surface area (Å²) in [5, 5.41) is 31.5. The molecular weight excluding hydrogens is 1280 g/mol. The Morgan fingerprint density at radius 1 is 0.869 bits per heavy atom. The first kappa shape index (κ1) is 78.3. The number of Topliss-reactive ketones (excluding diaryl/α,β-unsaturated/α-hetero) is 3. The predicted molar refractivity (Wildman–Crippen MR) is 361 cm³/mol. The number of allylic oxidation sites excluding steroid dienone is 4. The van der Waals surface area contributed by atoms with Crippen LogP contribution in [0, 0.1) is 34.5 Å². The molecule has 5 amide bonds. The monoisotopic (exact) mass is 1390 g/mol. The third-order valence-electron chi connectivity index (χ3n) is 21.1. The average Bonchev–Trinajstić information content (AvgIpc) is 1.56. The Balaban J connectivity index is 0.771. The molecule has 2 heterocycles. The zero-order chi connectivity index (χ0) is 71.5. The van der Waals surface area contributed by atoms with E-state index < -0.39 is 124 Å². The van der Waals surface area contributed by atoms with Crippen molar-refractivity contribution in [3.8, 4) is 0 Å². The number of alkyl halides is 2. The number of anilines is 1. The number of aliphatic hydroxyl groups excluding tert-OH is 1. The number of carbonyl (C=O) groups excluding carboxylic acids is 8. The number of fused-ring (bicyclic) bond motifs is 8. The van der Waals surface area contributed by atoms with Gasteiger partial charge >= 0.3 is 12.1 Å². The summed E-state index contributed by atoms with van der Waals surface area (Å²) in [6, 6.07) is 3.70. The molecule has 3 saturated carbocycles. The second kappa shape index (κ2) is 36.4. The minimum absolute atomic E-state index is 0.0153. The molecule has 2 unspecified atom stereocenters. The van der Waals surface area contributed by atoms with Gasteiger partial charge in [-0.1, -0.05) is 96.6 Å². The van der Waals surface area contributed by atoms with E-state index in [0.29, 0.717) is 102 Å². The van der Waals surface area contributed by atoms with Gasteiger partial charge < -0.3 is 71.0 Å². The van der Waals surface area contributed by atoms with Crippen molar-refractivity contribution < 1.29 is 85.4 Å². The van der Waals surface area contributed by atoms with E-state index in [1.807, 2.05) is 11.6 Å². The number of aromatic nitrogens is 3. The molecule has 1 aromatic heterocycles. The average molecular weight is 1390 g/mol. The van der Waals surface area contributed by atoms with Crippen LogP contribution in [0.5, 0.6) is 0 Å². The fraction of sp³-hybridized carbons (Fsp3) is 0.722. The largest absolute Gasteiger partial charge is 0.445 e. The van der Waals surface area contributed by atoms with Gasteiger partial charge in [0.05, 0.1) is 81.8 Å². The molecule has 1 aromatic carbocycles. The van der Waals surface area contributed by atoms with Crippen LogP contribution in [0.4, 0.5) is 24.1 Å². The van der Waals surface area contributed by atoms with E-state index in [1.165, 1.54) is 19.1 Å². The minimum Gasteiger partial charge on any atom is -0.445 e. The number of hydrogen-bond donors (Lipinski definition) is 7. The van der Waals surface area contributed by atoms with Crippen molar-refractivity contribution >= 4 is 52.8 Å². The normalized spacial score (nSPS) is 27.8. The van der Waals surface area contributed by atoms with Crippen LogP contribution in [0.3, 0.4) is 0 Å². The maximum Gasteiger partial charge on any atom is 0.407 e. The minimum atomic E-state index is -2.38. The molecule has 0 bridgehead atoms. The highest BCUT2D eigenvalue weighted by molar-refractivity contribution is 6.01. The van der Waals surface area contributed by atoms with Crippen LogP contribution >= 0.6 is 0 Å². The number of amides is 5. The summed E-state index contributed by atoms with van der Waals surface area (Å²) >= 11 is 0. The molecule has 2 aromatic rings. The molecule has 1 saturated heterocycles. The Bertz CT molecular complexity index is 3150. The summed E-state index contributed by atoms with van der Waals surface area (Å²) in [6.07, 6.45) is 7.20. The van der Waals surface area contributed by atoms with Gasteiger partial charge in [-0.05, 0) is 131 Å². The summed E-state index contributed by atoms with van der Waals surface area (Å²) in [4.78, 5) is 107. The Morgan fingerprint density at radius 2 is 1.61 bits per heavy atom. The molecule has 0 spiro atoms. The lowest BCUT2D eigenvalue weighted by Gasteiger charge is -2.63. The number of halogens is 2. The van der Waals surface area contributed by atoms with Gasteiger partial charge in [0.2, 0.25) is 11.8 Å². The molecule has 550 valence electrons. The van der Waals surface area contributed by atoms with Crippen LogP contribution in [0.15, 0.2) is 48.1 Å². The predicted octanol–water partition coefficient (Wildman–Crippen LogP) is 7.96. The van der Waals surface area contributed by atoms with Crippen molar-refractivity contribution in [2.75, 3.05) is 64.7 Å². The first-order valence-corrected chi connectivity index (χ1v) is 35.9. The Labute approximate surface area is 579 Å². The Hall–Kier alpha value is -6.46. The number of urea groups is 1. The Kier molecular flexibility index (Phi) is 28.8. The molecule has 25 nitrogen and oxygen atoms in total. The van der Waals surface area contributed by atoms with Crippen LogP contribution in [0.1, 0.15) is 187 Å². The molecule has 99 heavy (non-hydrogen) atoms. The van der Waals surface area contributed by atoms with Crippen molar-refractivity contribution in [1.29, 1.82) is 0 Å². The molecule has 14 atom stereocenters. The lowest BCUT2D eigenvalue weighted by molar-refractivity contribution is -0.233. The molecule has 9 N–H and O–H groups in total. The van der Waals surface area contributed by atoms with E-state index in [9.17, 15) is 43.5 Å². The number of nitrogens with two attached hydrogens (primary N) is 2. The van der Waals surface area contributed by atoms with E-state index in [2.05, 4.69) is 38.5 Å². The molecule has 8 rings (SSSR count). The molecule has 6 aliphatic rings. The second-order valence-electron chi connectivity index (χ2n) is 28.3. The zero-order valence-corrected chi connectivity index (χ0v) is 58.6. The second-order valence-corrected chi connectivity index (χ2v) is 28.3. The molecule has 4 fully saturated rings. The number of alkyl carbamates (subject to hydrolysis) is 1. The van der Waals surface area contributed by atoms with Crippen molar-refractivity contribution in [3.63, 3.8) is 0 Å². The third kappa shape index (κ3) is 19.0. The van der Waals surface area contributed by atoms with Crippen molar-refractivity contribution in [2.24, 2.45) is 46.0 Å². The summed E-state index contributed by atoms with van der Waals surface area (Å²) in [5.41, 5.74) is 7.29. The molecule has 27 heteroatoms. The van der Waals surface area contributed by atoms with Crippen LogP contribution in [0.2, 0.25) is 0 Å². The standard InChI is InChI=1S/C72H107F2N9O16/c1-7-9-31-93-33-35-95-36-34-94-32-30-83-64-56(81-82-83)21-14-11-15-22-58(64)96-44-50(85)19-12-10-13-20-55(75)66(90)80-63(45(3)4)57(86)37-47(18-16-29-77-67(76)91)65(89)79-48-25-23-46(24-26-48)43-97-68(92)78-42-60(88)72-61(98-62(99-72)17-8-2)40-51-52-39-54(73)53-38-49(84)27-28-69(53,5)71(52,74)59(87)41-70(51,72)6/h23-28,38,45,47,51-52,54-55,58-59,61-63,87H,7-22,29-37,39-44,75H2,1-6H3,(H,78,92)(H,79,89)(H,80,90)(H3,76,77,91)/t47-,51+,52+,54+,55+,58?,59+,61-,62?,63+,69+,70+,71+,72-/m1/s1. The number of aliphatic hydroxyl groups is 1. The lowest BCUT2D eigenvalue weighted by atomic mass is 9.44. The highest BCUT2D eigenvalue weighted by Gasteiger charge is 2.80. The highest BCUT2D eigenvalue weighted by Crippen LogP contribution is 2.72. The maximum absolute atomic E-state index is 18.0. The van der Waals surface area contributed by atoms with E-state index in [0.717, 1.165) is 69.0 Å². The number of primary amides is 1. The summed E-state index contributed by atoms with van der Waals surface area (Å²) in [6.45, 7) is 13.8. The number of aryl methyl sites for hydroxylation is 1.